The minimum absolute atomic E-state index is 0.121. The van der Waals surface area contributed by atoms with Gasteiger partial charge in [-0.1, -0.05) is 55.8 Å². The van der Waals surface area contributed by atoms with Gasteiger partial charge in [-0.25, -0.2) is 4.39 Å². The van der Waals surface area contributed by atoms with Crippen LogP contribution in [0.2, 0.25) is 0 Å². The third-order valence-electron chi connectivity index (χ3n) is 5.91. The Morgan fingerprint density at radius 2 is 1.75 bits per heavy atom. The normalized spacial score (nSPS) is 19.5. The Morgan fingerprint density at radius 1 is 1.04 bits per heavy atom. The number of halogens is 1. The van der Waals surface area contributed by atoms with Crippen molar-refractivity contribution in [1.29, 1.82) is 0 Å². The highest BCUT2D eigenvalue weighted by atomic mass is 19.1. The average molecular weight is 381 g/mol. The second-order valence-corrected chi connectivity index (χ2v) is 7.95. The summed E-state index contributed by atoms with van der Waals surface area (Å²) in [7, 11) is 0. The summed E-state index contributed by atoms with van der Waals surface area (Å²) in [6.07, 6.45) is 10.9. The first kappa shape index (κ1) is 20.8. The molecule has 1 saturated carbocycles. The van der Waals surface area contributed by atoms with E-state index in [0.717, 1.165) is 49.0 Å². The summed E-state index contributed by atoms with van der Waals surface area (Å²) in [4.78, 5) is 0. The molecular formula is C26H33FO. The van der Waals surface area contributed by atoms with Crippen LogP contribution in [-0.4, -0.2) is 12.7 Å². The van der Waals surface area contributed by atoms with Crippen LogP contribution in [0.15, 0.2) is 55.1 Å². The van der Waals surface area contributed by atoms with Gasteiger partial charge in [0.25, 0.3) is 0 Å². The molecule has 0 bridgehead atoms. The maximum absolute atomic E-state index is 14.3. The van der Waals surface area contributed by atoms with E-state index in [0.29, 0.717) is 18.4 Å². The van der Waals surface area contributed by atoms with Crippen LogP contribution in [0.1, 0.15) is 68.9 Å². The summed E-state index contributed by atoms with van der Waals surface area (Å²) < 4.78 is 20.3. The largest absolute Gasteiger partial charge is 0.378 e. The number of benzene rings is 2. The van der Waals surface area contributed by atoms with E-state index >= 15 is 0 Å². The molecule has 1 aliphatic carbocycles. The standard InChI is InChI=1S/C26H33FO/c1-3-5-7-23-12-13-24(19-26(23)27)22-10-8-20(9-11-22)21-14-16-25(17-15-21)28-18-6-4-2/h3,8-13,19,21,25H,1,4-7,14-18H2,2H3. The van der Waals surface area contributed by atoms with Gasteiger partial charge in [-0.15, -0.1) is 6.58 Å². The Labute approximate surface area is 169 Å². The first-order chi connectivity index (χ1) is 13.7. The Kier molecular flexibility index (Phi) is 7.85. The van der Waals surface area contributed by atoms with Gasteiger partial charge in [0.2, 0.25) is 0 Å². The zero-order valence-corrected chi connectivity index (χ0v) is 17.1. The van der Waals surface area contributed by atoms with Crippen LogP contribution in [0, 0.1) is 5.82 Å². The molecule has 0 saturated heterocycles. The van der Waals surface area contributed by atoms with Crippen LogP contribution in [0.4, 0.5) is 4.39 Å². The summed E-state index contributed by atoms with van der Waals surface area (Å²) >= 11 is 0. The molecule has 0 heterocycles. The van der Waals surface area contributed by atoms with E-state index in [-0.39, 0.29) is 5.82 Å². The maximum Gasteiger partial charge on any atom is 0.127 e. The second-order valence-electron chi connectivity index (χ2n) is 7.95. The molecule has 0 spiro atoms. The molecular weight excluding hydrogens is 347 g/mol. The van der Waals surface area contributed by atoms with Gasteiger partial charge in [-0.3, -0.25) is 0 Å². The predicted octanol–water partition coefficient (Wildman–Crippen LogP) is 7.45. The fraction of sp³-hybridized carbons (Fsp3) is 0.462. The summed E-state index contributed by atoms with van der Waals surface area (Å²) in [5.74, 6) is 0.503. The average Bonchev–Trinajstić information content (AvgIpc) is 2.74. The van der Waals surface area contributed by atoms with Crippen molar-refractivity contribution in [3.8, 4) is 11.1 Å². The molecule has 1 aliphatic rings. The molecule has 0 radical (unpaired) electrons. The summed E-state index contributed by atoms with van der Waals surface area (Å²) in [5, 5.41) is 0. The molecule has 2 heteroatoms. The lowest BCUT2D eigenvalue weighted by Crippen LogP contribution is -2.21. The number of aryl methyl sites for hydroxylation is 1. The van der Waals surface area contributed by atoms with Crippen LogP contribution in [0.3, 0.4) is 0 Å². The Hall–Kier alpha value is -1.93. The Balaban J connectivity index is 1.58. The quantitative estimate of drug-likeness (QED) is 0.324. The van der Waals surface area contributed by atoms with Crippen molar-refractivity contribution in [3.05, 3.63) is 72.1 Å². The number of ether oxygens (including phenoxy) is 1. The summed E-state index contributed by atoms with van der Waals surface area (Å²) in [6, 6.07) is 14.3. The molecule has 1 fully saturated rings. The van der Waals surface area contributed by atoms with Gasteiger partial charge < -0.3 is 4.74 Å². The first-order valence-electron chi connectivity index (χ1n) is 10.8. The van der Waals surface area contributed by atoms with E-state index in [4.69, 9.17) is 4.74 Å². The molecule has 1 nitrogen and oxygen atoms in total. The first-order valence-corrected chi connectivity index (χ1v) is 10.8. The zero-order chi connectivity index (χ0) is 19.8. The lowest BCUT2D eigenvalue weighted by molar-refractivity contribution is 0.0232. The maximum atomic E-state index is 14.3. The van der Waals surface area contributed by atoms with Crippen molar-refractivity contribution in [2.45, 2.75) is 70.3 Å². The van der Waals surface area contributed by atoms with E-state index in [2.05, 4.69) is 37.8 Å². The molecule has 2 aromatic rings. The van der Waals surface area contributed by atoms with Crippen molar-refractivity contribution in [3.63, 3.8) is 0 Å². The van der Waals surface area contributed by atoms with Crippen molar-refractivity contribution in [2.75, 3.05) is 6.61 Å². The van der Waals surface area contributed by atoms with Gasteiger partial charge in [0.1, 0.15) is 5.82 Å². The molecule has 2 aromatic carbocycles. The third kappa shape index (κ3) is 5.54. The lowest BCUT2D eigenvalue weighted by Gasteiger charge is -2.29. The molecule has 0 aromatic heterocycles. The Morgan fingerprint density at radius 3 is 2.39 bits per heavy atom. The van der Waals surface area contributed by atoms with E-state index < -0.39 is 0 Å². The van der Waals surface area contributed by atoms with E-state index in [1.165, 1.54) is 24.8 Å². The highest BCUT2D eigenvalue weighted by molar-refractivity contribution is 5.64. The number of rotatable bonds is 9. The van der Waals surface area contributed by atoms with E-state index in [1.807, 2.05) is 18.2 Å². The van der Waals surface area contributed by atoms with E-state index in [1.54, 1.807) is 6.07 Å². The predicted molar refractivity (Wildman–Crippen MR) is 116 cm³/mol. The minimum Gasteiger partial charge on any atom is -0.378 e. The van der Waals surface area contributed by atoms with Crippen LogP contribution in [-0.2, 0) is 11.2 Å². The molecule has 28 heavy (non-hydrogen) atoms. The second kappa shape index (κ2) is 10.6. The number of allylic oxidation sites excluding steroid dienone is 1. The zero-order valence-electron chi connectivity index (χ0n) is 17.1. The third-order valence-corrected chi connectivity index (χ3v) is 5.91. The van der Waals surface area contributed by atoms with Gasteiger partial charge in [0.05, 0.1) is 6.10 Å². The number of hydrogen-bond acceptors (Lipinski definition) is 1. The van der Waals surface area contributed by atoms with Crippen molar-refractivity contribution < 1.29 is 9.13 Å². The minimum atomic E-state index is -0.121. The van der Waals surface area contributed by atoms with Gasteiger partial charge in [-0.2, -0.15) is 0 Å². The van der Waals surface area contributed by atoms with Gasteiger partial charge in [-0.05, 0) is 79.2 Å². The number of hydrogen-bond donors (Lipinski definition) is 0. The highest BCUT2D eigenvalue weighted by Crippen LogP contribution is 2.35. The van der Waals surface area contributed by atoms with Crippen molar-refractivity contribution in [1.82, 2.24) is 0 Å². The fourth-order valence-electron chi connectivity index (χ4n) is 4.09. The molecule has 0 N–H and O–H groups in total. The van der Waals surface area contributed by atoms with Crippen molar-refractivity contribution in [2.24, 2.45) is 0 Å². The molecule has 0 aliphatic heterocycles. The van der Waals surface area contributed by atoms with Gasteiger partial charge >= 0.3 is 0 Å². The highest BCUT2D eigenvalue weighted by Gasteiger charge is 2.22. The molecule has 0 atom stereocenters. The SMILES string of the molecule is C=CCCc1ccc(-c2ccc(C3CCC(OCCCC)CC3)cc2)cc1F. The smallest absolute Gasteiger partial charge is 0.127 e. The molecule has 0 unspecified atom stereocenters. The van der Waals surface area contributed by atoms with Crippen LogP contribution >= 0.6 is 0 Å². The van der Waals surface area contributed by atoms with Crippen LogP contribution in [0.25, 0.3) is 11.1 Å². The van der Waals surface area contributed by atoms with Crippen LogP contribution < -0.4 is 0 Å². The van der Waals surface area contributed by atoms with E-state index in [9.17, 15) is 4.39 Å². The van der Waals surface area contributed by atoms with Crippen LogP contribution in [0.5, 0.6) is 0 Å². The van der Waals surface area contributed by atoms with Gasteiger partial charge in [0, 0.05) is 6.61 Å². The molecule has 150 valence electrons. The van der Waals surface area contributed by atoms with Gasteiger partial charge in [0.15, 0.2) is 0 Å². The molecule has 0 amide bonds. The molecule has 3 rings (SSSR count). The lowest BCUT2D eigenvalue weighted by atomic mass is 9.82. The summed E-state index contributed by atoms with van der Waals surface area (Å²) in [5.41, 5.74) is 4.19. The van der Waals surface area contributed by atoms with Crippen molar-refractivity contribution >= 4 is 0 Å². The Bertz CT molecular complexity index is 742. The topological polar surface area (TPSA) is 9.23 Å². The summed E-state index contributed by atoms with van der Waals surface area (Å²) in [6.45, 7) is 6.82. The fourth-order valence-corrected chi connectivity index (χ4v) is 4.09. The number of unbranched alkanes of at least 4 members (excludes halogenated alkanes) is 1. The monoisotopic (exact) mass is 380 g/mol.